The Hall–Kier alpha value is -2.53. The van der Waals surface area contributed by atoms with Crippen molar-refractivity contribution in [2.75, 3.05) is 5.73 Å². The van der Waals surface area contributed by atoms with Crippen LogP contribution in [0, 0.1) is 0 Å². The summed E-state index contributed by atoms with van der Waals surface area (Å²) in [6, 6.07) is 11.9. The van der Waals surface area contributed by atoms with Crippen LogP contribution >= 0.6 is 11.3 Å². The normalized spacial score (nSPS) is 11.2. The second kappa shape index (κ2) is 4.25. The van der Waals surface area contributed by atoms with Gasteiger partial charge in [0.15, 0.2) is 5.82 Å². The molecule has 0 spiro atoms. The molecule has 4 rings (SSSR count). The Kier molecular flexibility index (Phi) is 2.40. The first-order valence-corrected chi connectivity index (χ1v) is 7.05. The van der Waals surface area contributed by atoms with Crippen molar-refractivity contribution in [3.63, 3.8) is 0 Å². The zero-order valence-corrected chi connectivity index (χ0v) is 11.3. The molecule has 0 aliphatic rings. The number of hydrogen-bond donors (Lipinski definition) is 1. The van der Waals surface area contributed by atoms with Gasteiger partial charge in [0.2, 0.25) is 0 Å². The molecular weight excluding hydrogens is 268 g/mol. The van der Waals surface area contributed by atoms with E-state index in [-0.39, 0.29) is 0 Å². The zero-order valence-electron chi connectivity index (χ0n) is 10.4. The van der Waals surface area contributed by atoms with E-state index in [0.717, 1.165) is 26.7 Å². The van der Waals surface area contributed by atoms with Gasteiger partial charge >= 0.3 is 0 Å². The highest BCUT2D eigenvalue weighted by Gasteiger charge is 2.08. The number of nitrogen functional groups attached to an aromatic ring is 1. The smallest absolute Gasteiger partial charge is 0.163 e. The fourth-order valence-electron chi connectivity index (χ4n) is 2.22. The standard InChI is InChI=1S/C15H10N4S/c16-13-11-5-7-20-15(11)19-14(18-13)10-3-4-12-9(8-10)2-1-6-17-12/h1-8H,(H2,16,18,19). The van der Waals surface area contributed by atoms with E-state index >= 15 is 0 Å². The topological polar surface area (TPSA) is 64.7 Å². The van der Waals surface area contributed by atoms with Gasteiger partial charge in [-0.1, -0.05) is 6.07 Å². The molecule has 96 valence electrons. The van der Waals surface area contributed by atoms with E-state index in [2.05, 4.69) is 15.0 Å². The highest BCUT2D eigenvalue weighted by molar-refractivity contribution is 7.16. The third kappa shape index (κ3) is 1.71. The number of hydrogen-bond acceptors (Lipinski definition) is 5. The third-order valence-corrected chi connectivity index (χ3v) is 4.02. The molecule has 1 aromatic carbocycles. The molecule has 0 radical (unpaired) electrons. The lowest BCUT2D eigenvalue weighted by Gasteiger charge is -2.04. The van der Waals surface area contributed by atoms with Crippen LogP contribution in [0.1, 0.15) is 0 Å². The fourth-order valence-corrected chi connectivity index (χ4v) is 2.99. The molecule has 20 heavy (non-hydrogen) atoms. The van der Waals surface area contributed by atoms with Crippen LogP contribution in [0.4, 0.5) is 5.82 Å². The van der Waals surface area contributed by atoms with E-state index in [1.165, 1.54) is 0 Å². The summed E-state index contributed by atoms with van der Waals surface area (Å²) < 4.78 is 0. The van der Waals surface area contributed by atoms with Crippen molar-refractivity contribution >= 4 is 38.3 Å². The van der Waals surface area contributed by atoms with Gasteiger partial charge < -0.3 is 5.73 Å². The molecule has 0 fully saturated rings. The Labute approximate surface area is 118 Å². The molecule has 0 aliphatic carbocycles. The molecule has 5 heteroatoms. The molecule has 0 unspecified atom stereocenters. The van der Waals surface area contributed by atoms with Crippen LogP contribution in [-0.4, -0.2) is 15.0 Å². The summed E-state index contributed by atoms with van der Waals surface area (Å²) in [4.78, 5) is 14.2. The zero-order chi connectivity index (χ0) is 13.5. The fraction of sp³-hybridized carbons (Fsp3) is 0. The van der Waals surface area contributed by atoms with Crippen molar-refractivity contribution in [2.24, 2.45) is 0 Å². The number of pyridine rings is 1. The second-order valence-electron chi connectivity index (χ2n) is 4.48. The van der Waals surface area contributed by atoms with Crippen molar-refractivity contribution in [1.29, 1.82) is 0 Å². The lowest BCUT2D eigenvalue weighted by atomic mass is 10.1. The van der Waals surface area contributed by atoms with E-state index in [1.54, 1.807) is 17.5 Å². The van der Waals surface area contributed by atoms with Crippen molar-refractivity contribution in [3.05, 3.63) is 48.0 Å². The lowest BCUT2D eigenvalue weighted by molar-refractivity contribution is 1.25. The van der Waals surface area contributed by atoms with Crippen LogP contribution in [0.15, 0.2) is 48.0 Å². The first-order chi connectivity index (χ1) is 9.81. The van der Waals surface area contributed by atoms with E-state index in [9.17, 15) is 0 Å². The van der Waals surface area contributed by atoms with Gasteiger partial charge in [-0.05, 0) is 35.7 Å². The van der Waals surface area contributed by atoms with Crippen molar-refractivity contribution in [1.82, 2.24) is 15.0 Å². The maximum Gasteiger partial charge on any atom is 0.163 e. The summed E-state index contributed by atoms with van der Waals surface area (Å²) in [7, 11) is 0. The molecule has 4 aromatic rings. The summed E-state index contributed by atoms with van der Waals surface area (Å²) in [6.07, 6.45) is 1.79. The van der Waals surface area contributed by atoms with Crippen LogP contribution in [0.3, 0.4) is 0 Å². The average Bonchev–Trinajstić information content (AvgIpc) is 2.96. The van der Waals surface area contributed by atoms with Gasteiger partial charge in [-0.15, -0.1) is 11.3 Å². The lowest BCUT2D eigenvalue weighted by Crippen LogP contribution is -1.96. The minimum atomic E-state index is 0.525. The quantitative estimate of drug-likeness (QED) is 0.579. The number of nitrogens with zero attached hydrogens (tertiary/aromatic N) is 3. The van der Waals surface area contributed by atoms with Crippen LogP contribution in [-0.2, 0) is 0 Å². The predicted molar refractivity (Wildman–Crippen MR) is 82.6 cm³/mol. The number of fused-ring (bicyclic) bond motifs is 2. The Bertz CT molecular complexity index is 929. The Morgan fingerprint density at radius 3 is 2.95 bits per heavy atom. The van der Waals surface area contributed by atoms with Crippen LogP contribution in [0.2, 0.25) is 0 Å². The van der Waals surface area contributed by atoms with Crippen molar-refractivity contribution in [2.45, 2.75) is 0 Å². The van der Waals surface area contributed by atoms with Gasteiger partial charge in [0.25, 0.3) is 0 Å². The highest BCUT2D eigenvalue weighted by Crippen LogP contribution is 2.27. The van der Waals surface area contributed by atoms with Crippen molar-refractivity contribution in [3.8, 4) is 11.4 Å². The molecule has 2 N–H and O–H groups in total. The molecule has 0 saturated heterocycles. The van der Waals surface area contributed by atoms with E-state index in [1.807, 2.05) is 41.8 Å². The molecule has 3 aromatic heterocycles. The molecule has 4 nitrogen and oxygen atoms in total. The van der Waals surface area contributed by atoms with Gasteiger partial charge in [-0.2, -0.15) is 0 Å². The summed E-state index contributed by atoms with van der Waals surface area (Å²) >= 11 is 1.57. The van der Waals surface area contributed by atoms with Crippen LogP contribution < -0.4 is 5.73 Å². The van der Waals surface area contributed by atoms with E-state index < -0.39 is 0 Å². The number of aromatic nitrogens is 3. The summed E-state index contributed by atoms with van der Waals surface area (Å²) in [5, 5.41) is 3.96. The summed E-state index contributed by atoms with van der Waals surface area (Å²) in [6.45, 7) is 0. The highest BCUT2D eigenvalue weighted by atomic mass is 32.1. The SMILES string of the molecule is Nc1nc(-c2ccc3ncccc3c2)nc2sccc12. The minimum Gasteiger partial charge on any atom is -0.383 e. The number of benzene rings is 1. The molecule has 0 atom stereocenters. The average molecular weight is 278 g/mol. The maximum absolute atomic E-state index is 5.99. The Morgan fingerprint density at radius 2 is 2.00 bits per heavy atom. The minimum absolute atomic E-state index is 0.525. The van der Waals surface area contributed by atoms with Gasteiger partial charge in [0.05, 0.1) is 10.9 Å². The van der Waals surface area contributed by atoms with Gasteiger partial charge in [-0.25, -0.2) is 9.97 Å². The van der Waals surface area contributed by atoms with Crippen LogP contribution in [0.25, 0.3) is 32.5 Å². The summed E-state index contributed by atoms with van der Waals surface area (Å²) in [5.41, 5.74) is 7.91. The van der Waals surface area contributed by atoms with E-state index in [0.29, 0.717) is 11.6 Å². The largest absolute Gasteiger partial charge is 0.383 e. The molecular formula is C15H10N4S. The number of nitrogens with two attached hydrogens (primary N) is 1. The first kappa shape index (κ1) is 11.3. The molecule has 0 saturated carbocycles. The molecule has 0 aliphatic heterocycles. The van der Waals surface area contributed by atoms with Gasteiger partial charge in [0, 0.05) is 17.1 Å². The summed E-state index contributed by atoms with van der Waals surface area (Å²) in [5.74, 6) is 1.18. The molecule has 3 heterocycles. The van der Waals surface area contributed by atoms with Crippen LogP contribution in [0.5, 0.6) is 0 Å². The molecule has 0 bridgehead atoms. The number of rotatable bonds is 1. The Balaban J connectivity index is 1.95. The van der Waals surface area contributed by atoms with Gasteiger partial charge in [0.1, 0.15) is 10.6 Å². The molecule has 0 amide bonds. The maximum atomic E-state index is 5.99. The Morgan fingerprint density at radius 1 is 1.05 bits per heavy atom. The van der Waals surface area contributed by atoms with Crippen molar-refractivity contribution < 1.29 is 0 Å². The van der Waals surface area contributed by atoms with Gasteiger partial charge in [-0.3, -0.25) is 4.98 Å². The first-order valence-electron chi connectivity index (χ1n) is 6.17. The second-order valence-corrected chi connectivity index (χ2v) is 5.38. The third-order valence-electron chi connectivity index (χ3n) is 3.22. The monoisotopic (exact) mass is 278 g/mol. The number of anilines is 1. The van der Waals surface area contributed by atoms with E-state index in [4.69, 9.17) is 5.73 Å². The predicted octanol–water partition coefficient (Wildman–Crippen LogP) is 3.49. The number of thiophene rings is 1.